The van der Waals surface area contributed by atoms with Gasteiger partial charge in [-0.2, -0.15) is 0 Å². The van der Waals surface area contributed by atoms with Gasteiger partial charge in [0.2, 0.25) is 5.88 Å². The summed E-state index contributed by atoms with van der Waals surface area (Å²) in [6.45, 7) is 2.49. The Morgan fingerprint density at radius 1 is 1.30 bits per heavy atom. The molecular formula is C21H24N2O4. The summed E-state index contributed by atoms with van der Waals surface area (Å²) >= 11 is 0. The molecule has 0 radical (unpaired) electrons. The van der Waals surface area contributed by atoms with Gasteiger partial charge in [-0.3, -0.25) is 4.79 Å². The highest BCUT2D eigenvalue weighted by molar-refractivity contribution is 5.83. The van der Waals surface area contributed by atoms with Crippen molar-refractivity contribution >= 4 is 6.29 Å². The number of aldehydes is 1. The Bertz CT molecular complexity index is 826. The molecule has 1 saturated carbocycles. The van der Waals surface area contributed by atoms with E-state index in [1.54, 1.807) is 25.4 Å². The van der Waals surface area contributed by atoms with Crippen LogP contribution < -0.4 is 14.8 Å². The largest absolute Gasteiger partial charge is 0.507 e. The first-order valence-corrected chi connectivity index (χ1v) is 9.34. The van der Waals surface area contributed by atoms with Gasteiger partial charge in [-0.05, 0) is 55.5 Å². The van der Waals surface area contributed by atoms with E-state index in [0.717, 1.165) is 25.1 Å². The molecule has 142 valence electrons. The van der Waals surface area contributed by atoms with Crippen molar-refractivity contribution in [3.63, 3.8) is 0 Å². The number of pyridine rings is 1. The Morgan fingerprint density at radius 2 is 2.19 bits per heavy atom. The first-order valence-electron chi connectivity index (χ1n) is 9.34. The second kappa shape index (κ2) is 7.56. The quantitative estimate of drug-likeness (QED) is 0.763. The molecule has 0 bridgehead atoms. The monoisotopic (exact) mass is 368 g/mol. The van der Waals surface area contributed by atoms with Crippen LogP contribution in [0.3, 0.4) is 0 Å². The molecule has 2 aromatic rings. The molecule has 3 unspecified atom stereocenters. The molecule has 2 N–H and O–H groups in total. The average Bonchev–Trinajstić information content (AvgIpc) is 2.69. The number of aromatic hydroxyl groups is 1. The number of piperidine rings is 1. The van der Waals surface area contributed by atoms with Gasteiger partial charge in [0.15, 0.2) is 6.29 Å². The molecule has 27 heavy (non-hydrogen) atoms. The molecule has 1 aliphatic heterocycles. The minimum absolute atomic E-state index is 0.0543. The van der Waals surface area contributed by atoms with E-state index in [1.807, 2.05) is 6.07 Å². The second-order valence-electron chi connectivity index (χ2n) is 7.23. The van der Waals surface area contributed by atoms with Crippen LogP contribution in [0.1, 0.15) is 28.3 Å². The van der Waals surface area contributed by atoms with Crippen molar-refractivity contribution in [2.75, 3.05) is 26.8 Å². The van der Waals surface area contributed by atoms with Gasteiger partial charge in [-0.1, -0.05) is 12.1 Å². The van der Waals surface area contributed by atoms with Crippen LogP contribution in [0, 0.1) is 17.8 Å². The molecule has 4 atom stereocenters. The number of aromatic nitrogens is 1. The Balaban J connectivity index is 1.58. The molecule has 6 nitrogen and oxygen atoms in total. The predicted molar refractivity (Wildman–Crippen MR) is 100 cm³/mol. The van der Waals surface area contributed by atoms with Crippen LogP contribution >= 0.6 is 0 Å². The standard InChI is InChI=1S/C21H24N2O4/c1-26-21-14(4-3-8-23-21)20-15-10-22-9-7-13(15)17(20)12-27-19-6-2-5-18(25)16(19)11-24/h2-6,8,11,13,15,17,20,22,25H,7,9-10,12H2,1H3/t13?,15-,17?,20?/m0/s1. The van der Waals surface area contributed by atoms with Crippen molar-refractivity contribution in [3.05, 3.63) is 47.7 Å². The average molecular weight is 368 g/mol. The summed E-state index contributed by atoms with van der Waals surface area (Å²) in [4.78, 5) is 15.7. The third kappa shape index (κ3) is 3.14. The molecule has 2 fully saturated rings. The molecule has 4 rings (SSSR count). The van der Waals surface area contributed by atoms with Crippen molar-refractivity contribution in [2.45, 2.75) is 12.3 Å². The number of carbonyl (C=O) groups is 1. The van der Waals surface area contributed by atoms with Crippen molar-refractivity contribution < 1.29 is 19.4 Å². The summed E-state index contributed by atoms with van der Waals surface area (Å²) < 4.78 is 11.5. The first-order chi connectivity index (χ1) is 13.2. The molecule has 0 amide bonds. The van der Waals surface area contributed by atoms with Crippen molar-refractivity contribution in [1.82, 2.24) is 10.3 Å². The number of nitrogens with zero attached hydrogens (tertiary/aromatic N) is 1. The number of carbonyl (C=O) groups excluding carboxylic acids is 1. The van der Waals surface area contributed by atoms with Gasteiger partial charge in [0.05, 0.1) is 19.3 Å². The number of phenolic OH excluding ortho intramolecular Hbond substituents is 1. The number of hydrogen-bond acceptors (Lipinski definition) is 6. The number of phenols is 1. The molecule has 1 aromatic heterocycles. The Kier molecular flexibility index (Phi) is 4.99. The Labute approximate surface area is 158 Å². The van der Waals surface area contributed by atoms with Gasteiger partial charge in [-0.25, -0.2) is 4.98 Å². The number of methoxy groups -OCH3 is 1. The van der Waals surface area contributed by atoms with E-state index in [0.29, 0.717) is 48.2 Å². The van der Waals surface area contributed by atoms with Crippen LogP contribution in [0.2, 0.25) is 0 Å². The van der Waals surface area contributed by atoms with Crippen LogP contribution in [0.5, 0.6) is 17.4 Å². The summed E-state index contributed by atoms with van der Waals surface area (Å²) in [5.74, 6) is 2.75. The highest BCUT2D eigenvalue weighted by atomic mass is 16.5. The number of benzene rings is 1. The fraction of sp³-hybridized carbons (Fsp3) is 0.429. The zero-order valence-electron chi connectivity index (χ0n) is 15.3. The Hall–Kier alpha value is -2.60. The van der Waals surface area contributed by atoms with Crippen LogP contribution in [0.4, 0.5) is 0 Å². The fourth-order valence-electron chi connectivity index (χ4n) is 4.74. The summed E-state index contributed by atoms with van der Waals surface area (Å²) in [6.07, 6.45) is 3.49. The summed E-state index contributed by atoms with van der Waals surface area (Å²) in [5.41, 5.74) is 1.32. The van der Waals surface area contributed by atoms with E-state index in [9.17, 15) is 9.90 Å². The molecule has 2 heterocycles. The number of ether oxygens (including phenoxy) is 2. The molecule has 1 saturated heterocycles. The van der Waals surface area contributed by atoms with E-state index in [1.165, 1.54) is 6.07 Å². The van der Waals surface area contributed by atoms with Crippen molar-refractivity contribution in [1.29, 1.82) is 0 Å². The summed E-state index contributed by atoms with van der Waals surface area (Å²) in [6, 6.07) is 8.93. The molecule has 0 spiro atoms. The van der Waals surface area contributed by atoms with Crippen molar-refractivity contribution in [3.8, 4) is 17.4 Å². The van der Waals surface area contributed by atoms with E-state index in [4.69, 9.17) is 9.47 Å². The highest BCUT2D eigenvalue weighted by Gasteiger charge is 2.52. The Morgan fingerprint density at radius 3 is 3.00 bits per heavy atom. The third-order valence-electron chi connectivity index (χ3n) is 6.00. The molecule has 1 aromatic carbocycles. The molecule has 6 heteroatoms. The van der Waals surface area contributed by atoms with Crippen molar-refractivity contribution in [2.24, 2.45) is 17.8 Å². The lowest BCUT2D eigenvalue weighted by Gasteiger charge is -2.55. The van der Waals surface area contributed by atoms with Gasteiger partial charge in [-0.15, -0.1) is 0 Å². The fourth-order valence-corrected chi connectivity index (χ4v) is 4.74. The lowest BCUT2D eigenvalue weighted by atomic mass is 9.53. The minimum Gasteiger partial charge on any atom is -0.507 e. The van der Waals surface area contributed by atoms with Crippen LogP contribution in [-0.2, 0) is 0 Å². The molecular weight excluding hydrogens is 344 g/mol. The zero-order chi connectivity index (χ0) is 18.8. The number of hydrogen-bond donors (Lipinski definition) is 2. The smallest absolute Gasteiger partial charge is 0.216 e. The lowest BCUT2D eigenvalue weighted by Crippen LogP contribution is -2.55. The van der Waals surface area contributed by atoms with Gasteiger partial charge >= 0.3 is 0 Å². The lowest BCUT2D eigenvalue weighted by molar-refractivity contribution is -0.0228. The topological polar surface area (TPSA) is 80.7 Å². The predicted octanol–water partition coefficient (Wildman–Crippen LogP) is 2.63. The summed E-state index contributed by atoms with van der Waals surface area (Å²) in [7, 11) is 1.65. The van der Waals surface area contributed by atoms with Crippen LogP contribution in [0.15, 0.2) is 36.5 Å². The van der Waals surface area contributed by atoms with Gasteiger partial charge in [0.25, 0.3) is 0 Å². The number of nitrogens with one attached hydrogen (secondary N) is 1. The van der Waals surface area contributed by atoms with Gasteiger partial charge in [0, 0.05) is 17.7 Å². The normalized spacial score (nSPS) is 26.6. The number of rotatable bonds is 6. The maximum atomic E-state index is 11.3. The van der Waals surface area contributed by atoms with Crippen LogP contribution in [-0.4, -0.2) is 43.2 Å². The zero-order valence-corrected chi connectivity index (χ0v) is 15.3. The maximum absolute atomic E-state index is 11.3. The van der Waals surface area contributed by atoms with E-state index in [2.05, 4.69) is 16.4 Å². The second-order valence-corrected chi connectivity index (χ2v) is 7.23. The third-order valence-corrected chi connectivity index (χ3v) is 6.00. The molecule has 2 aliphatic rings. The summed E-state index contributed by atoms with van der Waals surface area (Å²) in [5, 5.41) is 13.4. The van der Waals surface area contributed by atoms with Gasteiger partial charge in [0.1, 0.15) is 11.5 Å². The molecule has 1 aliphatic carbocycles. The first kappa shape index (κ1) is 17.8. The van der Waals surface area contributed by atoms with E-state index >= 15 is 0 Å². The van der Waals surface area contributed by atoms with Gasteiger partial charge < -0.3 is 19.9 Å². The highest BCUT2D eigenvalue weighted by Crippen LogP contribution is 2.56. The maximum Gasteiger partial charge on any atom is 0.216 e. The van der Waals surface area contributed by atoms with E-state index < -0.39 is 0 Å². The minimum atomic E-state index is -0.0543. The van der Waals surface area contributed by atoms with E-state index in [-0.39, 0.29) is 11.3 Å². The van der Waals surface area contributed by atoms with Crippen LogP contribution in [0.25, 0.3) is 0 Å². The number of fused-ring (bicyclic) bond motifs is 1. The SMILES string of the molecule is COc1ncccc1C1C(COc2cccc(O)c2C=O)C2CCNC[C@@H]21.